The van der Waals surface area contributed by atoms with Gasteiger partial charge in [-0.15, -0.1) is 0 Å². The van der Waals surface area contributed by atoms with E-state index in [1.807, 2.05) is 0 Å². The number of para-hydroxylation sites is 2. The van der Waals surface area contributed by atoms with Gasteiger partial charge in [0.05, 0.1) is 0 Å². The van der Waals surface area contributed by atoms with Gasteiger partial charge >= 0.3 is 0 Å². The summed E-state index contributed by atoms with van der Waals surface area (Å²) >= 11 is 0. The Morgan fingerprint density at radius 3 is 1.25 bits per heavy atom. The minimum atomic E-state index is 0.895. The second-order valence-corrected chi connectivity index (χ2v) is 17.1. The topological polar surface area (TPSA) is 26.3 Å². The van der Waals surface area contributed by atoms with Crippen molar-refractivity contribution in [3.05, 3.63) is 218 Å². The monoisotopic (exact) mass is 812 g/mol. The Hall–Kier alpha value is -8.46. The number of rotatable bonds is 4. The van der Waals surface area contributed by atoms with Gasteiger partial charge in [-0.3, -0.25) is 0 Å². The first-order chi connectivity index (χ1) is 31.7. The maximum atomic E-state index is 6.90. The third-order valence-electron chi connectivity index (χ3n) is 13.6. The van der Waals surface area contributed by atoms with E-state index in [9.17, 15) is 0 Å². The molecule has 0 spiro atoms. The minimum Gasteiger partial charge on any atom is -0.455 e. The second-order valence-electron chi connectivity index (χ2n) is 17.1. The summed E-state index contributed by atoms with van der Waals surface area (Å²) in [6.45, 7) is 0. The van der Waals surface area contributed by atoms with Crippen LogP contribution >= 0.6 is 0 Å². The largest absolute Gasteiger partial charge is 0.455 e. The van der Waals surface area contributed by atoms with Gasteiger partial charge < -0.3 is 8.83 Å². The third-order valence-corrected chi connectivity index (χ3v) is 13.6. The van der Waals surface area contributed by atoms with E-state index in [-0.39, 0.29) is 0 Å². The predicted octanol–water partition coefficient (Wildman–Crippen LogP) is 17.9. The molecule has 0 saturated heterocycles. The molecule has 2 heterocycles. The zero-order valence-electron chi connectivity index (χ0n) is 34.6. The predicted molar refractivity (Wildman–Crippen MR) is 270 cm³/mol. The minimum absolute atomic E-state index is 0.895. The summed E-state index contributed by atoms with van der Waals surface area (Å²) in [4.78, 5) is 0. The molecule has 0 unspecified atom stereocenters. The van der Waals surface area contributed by atoms with Crippen molar-refractivity contribution in [1.82, 2.24) is 0 Å². The van der Waals surface area contributed by atoms with Crippen LogP contribution in [0.25, 0.3) is 142 Å². The SMILES string of the molecule is c1ccc(-c2cc(-c3c4cccc(-c5cccc6c5oc5ccc7ccccc7c56)c4cc4c(-c5cccc6c5oc5ccc7ccccc7c56)cccc34)cc3ccccc23)cc1. The van der Waals surface area contributed by atoms with Gasteiger partial charge in [-0.05, 0) is 118 Å². The van der Waals surface area contributed by atoms with Gasteiger partial charge in [-0.25, -0.2) is 0 Å². The molecule has 0 amide bonds. The molecular formula is C62H36O2. The molecule has 0 N–H and O–H groups in total. The van der Waals surface area contributed by atoms with Gasteiger partial charge in [0.25, 0.3) is 0 Å². The first-order valence-electron chi connectivity index (χ1n) is 22.0. The molecule has 296 valence electrons. The van der Waals surface area contributed by atoms with Crippen LogP contribution in [0, 0.1) is 0 Å². The molecule has 14 aromatic rings. The first kappa shape index (κ1) is 35.2. The van der Waals surface area contributed by atoms with Crippen molar-refractivity contribution in [2.75, 3.05) is 0 Å². The first-order valence-corrected chi connectivity index (χ1v) is 22.0. The Morgan fingerprint density at radius 2 is 0.688 bits per heavy atom. The van der Waals surface area contributed by atoms with E-state index >= 15 is 0 Å². The van der Waals surface area contributed by atoms with E-state index in [2.05, 4.69) is 218 Å². The summed E-state index contributed by atoms with van der Waals surface area (Å²) in [7, 11) is 0. The molecule has 0 radical (unpaired) electrons. The van der Waals surface area contributed by atoms with E-state index < -0.39 is 0 Å². The van der Waals surface area contributed by atoms with Gasteiger partial charge in [-0.1, -0.05) is 188 Å². The molecule has 0 aliphatic heterocycles. The molecule has 0 atom stereocenters. The maximum Gasteiger partial charge on any atom is 0.143 e. The Morgan fingerprint density at radius 1 is 0.234 bits per heavy atom. The van der Waals surface area contributed by atoms with Crippen LogP contribution < -0.4 is 0 Å². The lowest BCUT2D eigenvalue weighted by Crippen LogP contribution is -1.92. The molecule has 2 aromatic heterocycles. The zero-order chi connectivity index (χ0) is 41.9. The van der Waals surface area contributed by atoms with Crippen LogP contribution in [0.1, 0.15) is 0 Å². The van der Waals surface area contributed by atoms with Crippen molar-refractivity contribution in [2.24, 2.45) is 0 Å². The van der Waals surface area contributed by atoms with Crippen molar-refractivity contribution in [3.63, 3.8) is 0 Å². The summed E-state index contributed by atoms with van der Waals surface area (Å²) in [6, 6.07) is 79.3. The second kappa shape index (κ2) is 13.5. The smallest absolute Gasteiger partial charge is 0.143 e. The number of hydrogen-bond acceptors (Lipinski definition) is 2. The average molecular weight is 813 g/mol. The van der Waals surface area contributed by atoms with Gasteiger partial charge in [0.15, 0.2) is 0 Å². The van der Waals surface area contributed by atoms with Crippen LogP contribution in [0.15, 0.2) is 227 Å². The fourth-order valence-electron chi connectivity index (χ4n) is 10.8. The molecule has 2 heteroatoms. The Bertz CT molecular complexity index is 4030. The highest BCUT2D eigenvalue weighted by atomic mass is 16.3. The van der Waals surface area contributed by atoms with Crippen molar-refractivity contribution in [2.45, 2.75) is 0 Å². The standard InChI is InChI=1S/C62H36O2/c1-2-14-37(15-3-1)53-35-41(34-40-18-6-7-19-42(40)53)58-47-24-10-22-45(49-26-12-28-51-59-43-20-8-4-16-38(43)30-32-56(59)63-61(49)51)54(47)36-55-46(23-11-25-48(55)58)50-27-13-29-52-60-44-21-9-5-17-39(44)31-33-57(60)64-62(50)52/h1-36H. The van der Waals surface area contributed by atoms with Crippen molar-refractivity contribution in [1.29, 1.82) is 0 Å². The van der Waals surface area contributed by atoms with Crippen LogP contribution in [0.2, 0.25) is 0 Å². The summed E-state index contributed by atoms with van der Waals surface area (Å²) in [5.74, 6) is 0. The van der Waals surface area contributed by atoms with Gasteiger partial charge in [0.2, 0.25) is 0 Å². The van der Waals surface area contributed by atoms with Gasteiger partial charge in [0, 0.05) is 32.7 Å². The Balaban J connectivity index is 1.11. The quantitative estimate of drug-likeness (QED) is 0.166. The van der Waals surface area contributed by atoms with Crippen LogP contribution in [-0.4, -0.2) is 0 Å². The van der Waals surface area contributed by atoms with E-state index in [0.29, 0.717) is 0 Å². The lowest BCUT2D eigenvalue weighted by molar-refractivity contribution is 0.670. The molecule has 64 heavy (non-hydrogen) atoms. The van der Waals surface area contributed by atoms with Crippen LogP contribution in [0.4, 0.5) is 0 Å². The van der Waals surface area contributed by atoms with E-state index in [1.165, 1.54) is 65.3 Å². The molecule has 12 aromatic carbocycles. The maximum absolute atomic E-state index is 6.90. The number of benzene rings is 12. The zero-order valence-corrected chi connectivity index (χ0v) is 34.6. The molecule has 0 aliphatic rings. The van der Waals surface area contributed by atoms with Crippen molar-refractivity contribution in [3.8, 4) is 44.5 Å². The Labute approximate surface area is 367 Å². The number of hydrogen-bond donors (Lipinski definition) is 0. The lowest BCUT2D eigenvalue weighted by atomic mass is 9.84. The number of furan rings is 2. The van der Waals surface area contributed by atoms with E-state index in [4.69, 9.17) is 8.83 Å². The highest BCUT2D eigenvalue weighted by Gasteiger charge is 2.22. The molecule has 0 aliphatic carbocycles. The molecule has 0 saturated carbocycles. The molecule has 0 bridgehead atoms. The fourth-order valence-corrected chi connectivity index (χ4v) is 10.8. The van der Waals surface area contributed by atoms with Gasteiger partial charge in [-0.2, -0.15) is 0 Å². The van der Waals surface area contributed by atoms with Crippen LogP contribution in [0.5, 0.6) is 0 Å². The van der Waals surface area contributed by atoms with Crippen molar-refractivity contribution < 1.29 is 8.83 Å². The molecule has 0 fully saturated rings. The summed E-state index contributed by atoms with van der Waals surface area (Å²) < 4.78 is 13.8. The summed E-state index contributed by atoms with van der Waals surface area (Å²) in [5, 5.41) is 16.5. The van der Waals surface area contributed by atoms with Crippen LogP contribution in [-0.2, 0) is 0 Å². The van der Waals surface area contributed by atoms with Crippen molar-refractivity contribution >= 4 is 97.7 Å². The Kier molecular flexibility index (Phi) is 7.43. The average Bonchev–Trinajstić information content (AvgIpc) is 3.95. The van der Waals surface area contributed by atoms with E-state index in [1.54, 1.807) is 0 Å². The number of fused-ring (bicyclic) bond motifs is 13. The highest BCUT2D eigenvalue weighted by Crippen LogP contribution is 2.48. The molecular weight excluding hydrogens is 777 g/mol. The van der Waals surface area contributed by atoms with Gasteiger partial charge in [0.1, 0.15) is 22.3 Å². The summed E-state index contributed by atoms with van der Waals surface area (Å²) in [5.41, 5.74) is 12.8. The lowest BCUT2D eigenvalue weighted by Gasteiger charge is -2.19. The molecule has 2 nitrogen and oxygen atoms in total. The van der Waals surface area contributed by atoms with Crippen LogP contribution in [0.3, 0.4) is 0 Å². The summed E-state index contributed by atoms with van der Waals surface area (Å²) in [6.07, 6.45) is 0. The highest BCUT2D eigenvalue weighted by molar-refractivity contribution is 6.26. The third kappa shape index (κ3) is 5.08. The fraction of sp³-hybridized carbons (Fsp3) is 0. The molecule has 14 rings (SSSR count). The normalized spacial score (nSPS) is 12.1. The van der Waals surface area contributed by atoms with E-state index in [0.717, 1.165) is 76.9 Å².